The molecule has 2 unspecified atom stereocenters. The van der Waals surface area contributed by atoms with Crippen LogP contribution in [0.4, 0.5) is 0 Å². The normalized spacial score (nSPS) is 14.5. The van der Waals surface area contributed by atoms with Gasteiger partial charge in [0.1, 0.15) is 0 Å². The molecule has 0 aliphatic carbocycles. The van der Waals surface area contributed by atoms with Crippen LogP contribution in [0.3, 0.4) is 0 Å². The number of hydrogen-bond donors (Lipinski definition) is 1. The number of carbonyl (C=O) groups excluding carboxylic acids is 1. The first kappa shape index (κ1) is 13.3. The topological polar surface area (TPSA) is 52.3 Å². The molecule has 0 aromatic heterocycles. The van der Waals surface area contributed by atoms with Crippen LogP contribution >= 0.6 is 12.4 Å². The summed E-state index contributed by atoms with van der Waals surface area (Å²) in [4.78, 5) is 10.9. The van der Waals surface area contributed by atoms with Gasteiger partial charge in [-0.15, -0.1) is 12.4 Å². The summed E-state index contributed by atoms with van der Waals surface area (Å²) in [7, 11) is 0. The lowest BCUT2D eigenvalue weighted by Crippen LogP contribution is -2.31. The third kappa shape index (κ3) is 5.04. The van der Waals surface area contributed by atoms with Gasteiger partial charge in [-0.3, -0.25) is 4.79 Å². The van der Waals surface area contributed by atoms with Crippen molar-refractivity contribution >= 4 is 18.4 Å². The van der Waals surface area contributed by atoms with E-state index >= 15 is 0 Å². The second-order valence-corrected chi connectivity index (χ2v) is 2.40. The lowest BCUT2D eigenvalue weighted by Gasteiger charge is -2.12. The molecule has 0 aliphatic heterocycles. The van der Waals surface area contributed by atoms with Gasteiger partial charge in [0.15, 0.2) is 0 Å². The average molecular weight is 182 g/mol. The molecule has 0 bridgehead atoms. The first-order valence-corrected chi connectivity index (χ1v) is 3.51. The van der Waals surface area contributed by atoms with E-state index in [4.69, 9.17) is 10.5 Å². The molecule has 0 rings (SSSR count). The maximum Gasteiger partial charge on any atom is 0.310 e. The van der Waals surface area contributed by atoms with Gasteiger partial charge in [0.05, 0.1) is 12.5 Å². The predicted molar refractivity (Wildman–Crippen MR) is 46.7 cm³/mol. The summed E-state index contributed by atoms with van der Waals surface area (Å²) in [6.45, 7) is 5.77. The Bertz CT molecular complexity index is 117. The van der Waals surface area contributed by atoms with E-state index < -0.39 is 0 Å². The molecule has 0 aromatic rings. The molecular weight excluding hydrogens is 166 g/mol. The van der Waals surface area contributed by atoms with Crippen LogP contribution < -0.4 is 5.73 Å². The Hall–Kier alpha value is -0.280. The van der Waals surface area contributed by atoms with Gasteiger partial charge in [0.25, 0.3) is 0 Å². The minimum atomic E-state index is -0.211. The number of carbonyl (C=O) groups is 1. The van der Waals surface area contributed by atoms with E-state index in [0.29, 0.717) is 6.61 Å². The molecule has 0 radical (unpaired) electrons. The molecule has 0 amide bonds. The van der Waals surface area contributed by atoms with E-state index in [1.807, 2.05) is 0 Å². The summed E-state index contributed by atoms with van der Waals surface area (Å²) < 4.78 is 4.75. The summed E-state index contributed by atoms with van der Waals surface area (Å²) in [5.41, 5.74) is 5.47. The van der Waals surface area contributed by atoms with Crippen molar-refractivity contribution in [2.24, 2.45) is 11.7 Å². The summed E-state index contributed by atoms with van der Waals surface area (Å²) in [5.74, 6) is -0.405. The van der Waals surface area contributed by atoms with Crippen molar-refractivity contribution in [2.75, 3.05) is 6.61 Å². The summed E-state index contributed by atoms with van der Waals surface area (Å²) in [5, 5.41) is 0. The molecule has 2 N–H and O–H groups in total. The monoisotopic (exact) mass is 181 g/mol. The third-order valence-electron chi connectivity index (χ3n) is 1.45. The Morgan fingerprint density at radius 3 is 2.27 bits per heavy atom. The molecule has 0 aromatic carbocycles. The van der Waals surface area contributed by atoms with E-state index in [-0.39, 0.29) is 30.3 Å². The zero-order valence-corrected chi connectivity index (χ0v) is 7.98. The number of rotatable bonds is 3. The highest BCUT2D eigenvalue weighted by Gasteiger charge is 2.17. The number of nitrogens with two attached hydrogens (primary N) is 1. The fraction of sp³-hybridized carbons (Fsp3) is 0.857. The minimum absolute atomic E-state index is 0. The lowest BCUT2D eigenvalue weighted by atomic mass is 10.1. The Morgan fingerprint density at radius 2 is 2.00 bits per heavy atom. The van der Waals surface area contributed by atoms with E-state index in [1.54, 1.807) is 20.8 Å². The number of esters is 1. The predicted octanol–water partition coefficient (Wildman–Crippen LogP) is 0.955. The smallest absolute Gasteiger partial charge is 0.310 e. The van der Waals surface area contributed by atoms with E-state index in [1.165, 1.54) is 0 Å². The van der Waals surface area contributed by atoms with E-state index in [9.17, 15) is 4.79 Å². The highest BCUT2D eigenvalue weighted by molar-refractivity contribution is 5.85. The number of ether oxygens (including phenoxy) is 1. The molecule has 11 heavy (non-hydrogen) atoms. The van der Waals surface area contributed by atoms with Gasteiger partial charge in [0, 0.05) is 6.04 Å². The van der Waals surface area contributed by atoms with Gasteiger partial charge >= 0.3 is 5.97 Å². The van der Waals surface area contributed by atoms with Gasteiger partial charge in [-0.2, -0.15) is 0 Å². The van der Waals surface area contributed by atoms with Crippen LogP contribution in [0, 0.1) is 5.92 Å². The fourth-order valence-electron chi connectivity index (χ4n) is 0.488. The number of halogens is 1. The first-order valence-electron chi connectivity index (χ1n) is 3.51. The van der Waals surface area contributed by atoms with Crippen LogP contribution in [0.15, 0.2) is 0 Å². The number of hydrogen-bond acceptors (Lipinski definition) is 3. The van der Waals surface area contributed by atoms with Crippen LogP contribution in [0.1, 0.15) is 20.8 Å². The Kier molecular flexibility index (Phi) is 7.79. The maximum atomic E-state index is 10.9. The van der Waals surface area contributed by atoms with Crippen molar-refractivity contribution in [1.82, 2.24) is 0 Å². The molecule has 68 valence electrons. The fourth-order valence-corrected chi connectivity index (χ4v) is 0.488. The summed E-state index contributed by atoms with van der Waals surface area (Å²) in [6, 6.07) is -0.126. The quantitative estimate of drug-likeness (QED) is 0.660. The molecule has 3 nitrogen and oxygen atoms in total. The Balaban J connectivity index is 0. The van der Waals surface area contributed by atoms with Crippen molar-refractivity contribution in [3.63, 3.8) is 0 Å². The zero-order valence-electron chi connectivity index (χ0n) is 7.16. The minimum Gasteiger partial charge on any atom is -0.466 e. The van der Waals surface area contributed by atoms with Gasteiger partial charge in [-0.1, -0.05) is 6.92 Å². The largest absolute Gasteiger partial charge is 0.466 e. The molecule has 0 aliphatic rings. The first-order chi connectivity index (χ1) is 4.59. The van der Waals surface area contributed by atoms with E-state index in [0.717, 1.165) is 0 Å². The highest BCUT2D eigenvalue weighted by atomic mass is 35.5. The molecule has 0 heterocycles. The van der Waals surface area contributed by atoms with Crippen molar-refractivity contribution < 1.29 is 9.53 Å². The van der Waals surface area contributed by atoms with Crippen LogP contribution in [0.25, 0.3) is 0 Å². The van der Waals surface area contributed by atoms with Crippen molar-refractivity contribution in [1.29, 1.82) is 0 Å². The third-order valence-corrected chi connectivity index (χ3v) is 1.45. The van der Waals surface area contributed by atoms with Crippen LogP contribution in [0.5, 0.6) is 0 Å². The average Bonchev–Trinajstić information content (AvgIpc) is 1.87. The molecule has 0 spiro atoms. The lowest BCUT2D eigenvalue weighted by molar-refractivity contribution is -0.147. The molecule has 0 saturated carbocycles. The van der Waals surface area contributed by atoms with Gasteiger partial charge in [0.2, 0.25) is 0 Å². The second kappa shape index (κ2) is 6.43. The van der Waals surface area contributed by atoms with Crippen molar-refractivity contribution in [3.05, 3.63) is 0 Å². The highest BCUT2D eigenvalue weighted by Crippen LogP contribution is 2.01. The Labute approximate surface area is 73.7 Å². The van der Waals surface area contributed by atoms with Crippen LogP contribution in [0.2, 0.25) is 0 Å². The SMILES string of the molecule is CCOC(=O)C(C)C(C)N.Cl. The summed E-state index contributed by atoms with van der Waals surface area (Å²) in [6.07, 6.45) is 0. The van der Waals surface area contributed by atoms with Crippen LogP contribution in [-0.4, -0.2) is 18.6 Å². The van der Waals surface area contributed by atoms with Crippen LogP contribution in [-0.2, 0) is 9.53 Å². The van der Waals surface area contributed by atoms with Gasteiger partial charge < -0.3 is 10.5 Å². The van der Waals surface area contributed by atoms with Crippen molar-refractivity contribution in [3.8, 4) is 0 Å². The molecule has 2 atom stereocenters. The standard InChI is InChI=1S/C7H15NO2.ClH/c1-4-10-7(9)5(2)6(3)8;/h5-6H,4,8H2,1-3H3;1H. The molecule has 0 fully saturated rings. The molecule has 0 saturated heterocycles. The zero-order chi connectivity index (χ0) is 8.15. The van der Waals surface area contributed by atoms with Gasteiger partial charge in [-0.05, 0) is 13.8 Å². The van der Waals surface area contributed by atoms with Gasteiger partial charge in [-0.25, -0.2) is 0 Å². The Morgan fingerprint density at radius 1 is 1.55 bits per heavy atom. The second-order valence-electron chi connectivity index (χ2n) is 2.40. The molecule has 4 heteroatoms. The molecular formula is C7H16ClNO2. The maximum absolute atomic E-state index is 10.9. The van der Waals surface area contributed by atoms with Crippen molar-refractivity contribution in [2.45, 2.75) is 26.8 Å². The van der Waals surface area contributed by atoms with E-state index in [2.05, 4.69) is 0 Å². The summed E-state index contributed by atoms with van der Waals surface area (Å²) >= 11 is 0.